The SMILES string of the molecule is CCOC(=O)[C@@]1(C)N[C@@H](c2cccs2)[C@H]2C(=O)N(c3cccc(OC)c3)C(=O)[C@@H]21. The highest BCUT2D eigenvalue weighted by atomic mass is 32.1. The minimum absolute atomic E-state index is 0.193. The van der Waals surface area contributed by atoms with Crippen LogP contribution in [0.5, 0.6) is 5.75 Å². The largest absolute Gasteiger partial charge is 0.497 e. The number of thiophene rings is 1. The molecule has 2 saturated heterocycles. The molecular weight excluding hydrogens is 392 g/mol. The van der Waals surface area contributed by atoms with E-state index in [1.165, 1.54) is 23.3 Å². The zero-order valence-corrected chi connectivity index (χ0v) is 17.2. The van der Waals surface area contributed by atoms with E-state index < -0.39 is 35.3 Å². The first kappa shape index (κ1) is 19.6. The number of nitrogens with one attached hydrogen (secondary N) is 1. The minimum atomic E-state index is -1.30. The van der Waals surface area contributed by atoms with Gasteiger partial charge in [0.15, 0.2) is 0 Å². The summed E-state index contributed by atoms with van der Waals surface area (Å²) >= 11 is 1.48. The van der Waals surface area contributed by atoms with Gasteiger partial charge in [-0.05, 0) is 37.4 Å². The van der Waals surface area contributed by atoms with Gasteiger partial charge >= 0.3 is 5.97 Å². The second kappa shape index (κ2) is 7.27. The van der Waals surface area contributed by atoms with Crippen LogP contribution in [0.15, 0.2) is 41.8 Å². The number of benzene rings is 1. The molecule has 0 aliphatic carbocycles. The number of ether oxygens (including phenoxy) is 2. The summed E-state index contributed by atoms with van der Waals surface area (Å²) < 4.78 is 10.5. The van der Waals surface area contributed by atoms with Crippen molar-refractivity contribution in [3.05, 3.63) is 46.7 Å². The lowest BCUT2D eigenvalue weighted by Crippen LogP contribution is -2.54. The van der Waals surface area contributed by atoms with Crippen LogP contribution in [0.25, 0.3) is 0 Å². The van der Waals surface area contributed by atoms with Gasteiger partial charge < -0.3 is 9.47 Å². The van der Waals surface area contributed by atoms with Gasteiger partial charge in [0.05, 0.1) is 37.3 Å². The molecule has 7 nitrogen and oxygen atoms in total. The predicted octanol–water partition coefficient (Wildman–Crippen LogP) is 2.53. The monoisotopic (exact) mass is 414 g/mol. The van der Waals surface area contributed by atoms with Gasteiger partial charge in [0.2, 0.25) is 11.8 Å². The quantitative estimate of drug-likeness (QED) is 0.598. The lowest BCUT2D eigenvalue weighted by atomic mass is 9.81. The number of fused-ring (bicyclic) bond motifs is 1. The van der Waals surface area contributed by atoms with Crippen LogP contribution < -0.4 is 15.0 Å². The Morgan fingerprint density at radius 3 is 2.69 bits per heavy atom. The first-order chi connectivity index (χ1) is 13.9. The third-order valence-electron chi connectivity index (χ3n) is 5.65. The number of anilines is 1. The number of hydrogen-bond donors (Lipinski definition) is 1. The summed E-state index contributed by atoms with van der Waals surface area (Å²) in [5.74, 6) is -2.26. The highest BCUT2D eigenvalue weighted by Gasteiger charge is 2.67. The lowest BCUT2D eigenvalue weighted by molar-refractivity contribution is -0.153. The Bertz CT molecular complexity index is 960. The lowest BCUT2D eigenvalue weighted by Gasteiger charge is -2.29. The number of carbonyl (C=O) groups is 3. The molecule has 2 amide bonds. The maximum absolute atomic E-state index is 13.5. The Morgan fingerprint density at radius 2 is 2.03 bits per heavy atom. The average molecular weight is 414 g/mol. The molecule has 0 saturated carbocycles. The molecule has 2 fully saturated rings. The molecule has 2 aliphatic rings. The number of methoxy groups -OCH3 is 1. The van der Waals surface area contributed by atoms with Crippen molar-refractivity contribution in [2.45, 2.75) is 25.4 Å². The molecule has 0 bridgehead atoms. The van der Waals surface area contributed by atoms with E-state index in [9.17, 15) is 14.4 Å². The Labute approximate surface area is 172 Å². The summed E-state index contributed by atoms with van der Waals surface area (Å²) in [5.41, 5.74) is -0.861. The zero-order chi connectivity index (χ0) is 20.8. The van der Waals surface area contributed by atoms with E-state index in [4.69, 9.17) is 9.47 Å². The molecule has 2 aromatic rings. The smallest absolute Gasteiger partial charge is 0.326 e. The first-order valence-electron chi connectivity index (χ1n) is 9.42. The molecule has 0 radical (unpaired) electrons. The van der Waals surface area contributed by atoms with Gasteiger partial charge in [0.1, 0.15) is 11.3 Å². The van der Waals surface area contributed by atoms with Crippen LogP contribution in [0, 0.1) is 11.8 Å². The van der Waals surface area contributed by atoms with Crippen molar-refractivity contribution in [3.8, 4) is 5.75 Å². The van der Waals surface area contributed by atoms with Crippen LogP contribution in [0.1, 0.15) is 24.8 Å². The zero-order valence-electron chi connectivity index (χ0n) is 16.4. The maximum atomic E-state index is 13.5. The van der Waals surface area contributed by atoms with Crippen molar-refractivity contribution in [1.82, 2.24) is 5.32 Å². The molecule has 3 heterocycles. The summed E-state index contributed by atoms with van der Waals surface area (Å²) in [6, 6.07) is 10.2. The van der Waals surface area contributed by atoms with Crippen LogP contribution in [0.2, 0.25) is 0 Å². The van der Waals surface area contributed by atoms with Crippen molar-refractivity contribution in [1.29, 1.82) is 0 Å². The van der Waals surface area contributed by atoms with Gasteiger partial charge in [0, 0.05) is 10.9 Å². The van der Waals surface area contributed by atoms with Gasteiger partial charge in [-0.2, -0.15) is 0 Å². The Morgan fingerprint density at radius 1 is 1.24 bits per heavy atom. The van der Waals surface area contributed by atoms with Crippen molar-refractivity contribution < 1.29 is 23.9 Å². The Balaban J connectivity index is 1.80. The van der Waals surface area contributed by atoms with Gasteiger partial charge in [0.25, 0.3) is 0 Å². The maximum Gasteiger partial charge on any atom is 0.326 e. The topological polar surface area (TPSA) is 84.9 Å². The van der Waals surface area contributed by atoms with Crippen LogP contribution >= 0.6 is 11.3 Å². The number of nitrogens with zero attached hydrogens (tertiary/aromatic N) is 1. The van der Waals surface area contributed by atoms with E-state index >= 15 is 0 Å². The van der Waals surface area contributed by atoms with Crippen molar-refractivity contribution in [3.63, 3.8) is 0 Å². The molecule has 8 heteroatoms. The molecule has 2 aliphatic heterocycles. The minimum Gasteiger partial charge on any atom is -0.497 e. The van der Waals surface area contributed by atoms with E-state index in [2.05, 4.69) is 5.32 Å². The highest BCUT2D eigenvalue weighted by Crippen LogP contribution is 2.50. The molecular formula is C21H22N2O5S. The molecule has 29 heavy (non-hydrogen) atoms. The van der Waals surface area contributed by atoms with Crippen molar-refractivity contribution in [2.75, 3.05) is 18.6 Å². The molecule has 1 N–H and O–H groups in total. The fourth-order valence-electron chi connectivity index (χ4n) is 4.32. The average Bonchev–Trinajstić information content (AvgIpc) is 3.40. The van der Waals surface area contributed by atoms with E-state index in [0.29, 0.717) is 11.4 Å². The molecule has 152 valence electrons. The van der Waals surface area contributed by atoms with E-state index in [1.807, 2.05) is 17.5 Å². The highest BCUT2D eigenvalue weighted by molar-refractivity contribution is 7.10. The van der Waals surface area contributed by atoms with Gasteiger partial charge in [-0.1, -0.05) is 12.1 Å². The fraction of sp³-hybridized carbons (Fsp3) is 0.381. The van der Waals surface area contributed by atoms with Gasteiger partial charge in [-0.15, -0.1) is 11.3 Å². The summed E-state index contributed by atoms with van der Waals surface area (Å²) in [7, 11) is 1.52. The molecule has 4 rings (SSSR count). The Kier molecular flexibility index (Phi) is 4.92. The van der Waals surface area contributed by atoms with Crippen LogP contribution in [0.4, 0.5) is 5.69 Å². The molecule has 4 atom stereocenters. The molecule has 1 aromatic heterocycles. The number of amides is 2. The van der Waals surface area contributed by atoms with E-state index in [1.54, 1.807) is 38.1 Å². The van der Waals surface area contributed by atoms with Crippen molar-refractivity contribution >= 4 is 34.8 Å². The number of rotatable bonds is 5. The normalized spacial score (nSPS) is 28.5. The summed E-state index contributed by atoms with van der Waals surface area (Å²) in [6.07, 6.45) is 0. The first-order valence-corrected chi connectivity index (χ1v) is 10.3. The second-order valence-electron chi connectivity index (χ2n) is 7.28. The summed E-state index contributed by atoms with van der Waals surface area (Å²) in [4.78, 5) is 41.8. The fourth-order valence-corrected chi connectivity index (χ4v) is 5.15. The van der Waals surface area contributed by atoms with E-state index in [0.717, 1.165) is 4.88 Å². The number of carbonyl (C=O) groups excluding carboxylic acids is 3. The third kappa shape index (κ3) is 2.94. The van der Waals surface area contributed by atoms with Gasteiger partial charge in [-0.3, -0.25) is 19.7 Å². The van der Waals surface area contributed by atoms with E-state index in [-0.39, 0.29) is 12.5 Å². The number of esters is 1. The molecule has 1 aromatic carbocycles. The van der Waals surface area contributed by atoms with Crippen LogP contribution in [-0.2, 0) is 19.1 Å². The number of imide groups is 1. The van der Waals surface area contributed by atoms with Crippen molar-refractivity contribution in [2.24, 2.45) is 11.8 Å². The molecule has 0 spiro atoms. The predicted molar refractivity (Wildman–Crippen MR) is 108 cm³/mol. The van der Waals surface area contributed by atoms with Crippen LogP contribution in [0.3, 0.4) is 0 Å². The standard InChI is InChI=1S/C21H22N2O5S/c1-4-28-20(26)21(2)16-15(17(22-21)14-9-6-10-29-14)18(24)23(19(16)25)12-7-5-8-13(11-12)27-3/h5-11,15-17,22H,4H2,1-3H3/t15-,16+,17-,21-/m0/s1. The Hall–Kier alpha value is -2.71. The third-order valence-corrected chi connectivity index (χ3v) is 6.60. The van der Waals surface area contributed by atoms with Crippen LogP contribution in [-0.4, -0.2) is 37.0 Å². The molecule has 0 unspecified atom stereocenters. The second-order valence-corrected chi connectivity index (χ2v) is 8.26. The van der Waals surface area contributed by atoms with Gasteiger partial charge in [-0.25, -0.2) is 4.90 Å². The summed E-state index contributed by atoms with van der Waals surface area (Å²) in [6.45, 7) is 3.56. The number of hydrogen-bond acceptors (Lipinski definition) is 7. The summed E-state index contributed by atoms with van der Waals surface area (Å²) in [5, 5.41) is 5.16.